The molecule has 0 spiro atoms. The van der Waals surface area contributed by atoms with Crippen LogP contribution in [0.2, 0.25) is 0 Å². The van der Waals surface area contributed by atoms with Crippen molar-refractivity contribution in [2.75, 3.05) is 23.8 Å². The van der Waals surface area contributed by atoms with Crippen LogP contribution in [0, 0.1) is 10.1 Å². The third-order valence-corrected chi connectivity index (χ3v) is 3.02. The van der Waals surface area contributed by atoms with Crippen molar-refractivity contribution in [1.82, 2.24) is 9.97 Å². The first-order valence-corrected chi connectivity index (χ1v) is 6.72. The van der Waals surface area contributed by atoms with E-state index in [2.05, 4.69) is 21.9 Å². The molecule has 114 valence electrons. The Morgan fingerprint density at radius 2 is 2.09 bits per heavy atom. The van der Waals surface area contributed by atoms with E-state index in [4.69, 9.17) is 0 Å². The van der Waals surface area contributed by atoms with E-state index in [9.17, 15) is 10.1 Å². The van der Waals surface area contributed by atoms with E-state index in [0.29, 0.717) is 13.1 Å². The van der Waals surface area contributed by atoms with Crippen molar-refractivity contribution in [3.8, 4) is 0 Å². The van der Waals surface area contributed by atoms with Gasteiger partial charge in [0.1, 0.15) is 6.33 Å². The molecule has 7 nitrogen and oxygen atoms in total. The van der Waals surface area contributed by atoms with Gasteiger partial charge in [0.15, 0.2) is 0 Å². The average Bonchev–Trinajstić information content (AvgIpc) is 2.53. The quantitative estimate of drug-likeness (QED) is 0.480. The Labute approximate surface area is 128 Å². The highest BCUT2D eigenvalue weighted by Crippen LogP contribution is 2.31. The molecule has 0 radical (unpaired) electrons. The molecule has 0 atom stereocenters. The van der Waals surface area contributed by atoms with E-state index in [-0.39, 0.29) is 17.3 Å². The van der Waals surface area contributed by atoms with Gasteiger partial charge in [-0.25, -0.2) is 9.97 Å². The van der Waals surface area contributed by atoms with E-state index >= 15 is 0 Å². The Balaban J connectivity index is 2.32. The lowest BCUT2D eigenvalue weighted by molar-refractivity contribution is -0.383. The van der Waals surface area contributed by atoms with E-state index < -0.39 is 4.92 Å². The highest BCUT2D eigenvalue weighted by Gasteiger charge is 2.25. The van der Waals surface area contributed by atoms with Gasteiger partial charge in [-0.15, -0.1) is 6.58 Å². The molecule has 2 rings (SSSR count). The number of nitrogens with zero attached hydrogens (tertiary/aromatic N) is 4. The first-order valence-electron chi connectivity index (χ1n) is 6.72. The monoisotopic (exact) mass is 299 g/mol. The molecular formula is C15H17N5O2. The highest BCUT2D eigenvalue weighted by atomic mass is 16.6. The van der Waals surface area contributed by atoms with Gasteiger partial charge in [0.05, 0.1) is 4.92 Å². The lowest BCUT2D eigenvalue weighted by Crippen LogP contribution is -2.20. The molecule has 7 heteroatoms. The van der Waals surface area contributed by atoms with Crippen LogP contribution in [0.3, 0.4) is 0 Å². The summed E-state index contributed by atoms with van der Waals surface area (Å²) in [6, 6.07) is 9.69. The van der Waals surface area contributed by atoms with Gasteiger partial charge in [-0.3, -0.25) is 10.1 Å². The molecule has 1 aromatic heterocycles. The topological polar surface area (TPSA) is 84.2 Å². The Morgan fingerprint density at radius 3 is 2.73 bits per heavy atom. The molecule has 0 aliphatic carbocycles. The molecule has 1 N–H and O–H groups in total. The summed E-state index contributed by atoms with van der Waals surface area (Å²) in [5.74, 6) is 0.463. The third kappa shape index (κ3) is 3.57. The third-order valence-electron chi connectivity index (χ3n) is 3.02. The molecule has 0 aliphatic rings. The lowest BCUT2D eigenvalue weighted by atomic mass is 10.2. The summed E-state index contributed by atoms with van der Waals surface area (Å²) in [4.78, 5) is 20.7. The largest absolute Gasteiger partial charge is 0.361 e. The zero-order valence-corrected chi connectivity index (χ0v) is 12.3. The molecule has 1 heterocycles. The number of aromatic nitrogens is 2. The smallest absolute Gasteiger partial charge is 0.353 e. The summed E-state index contributed by atoms with van der Waals surface area (Å²) in [6.45, 7) is 4.48. The Bertz CT molecular complexity index is 660. The van der Waals surface area contributed by atoms with Crippen molar-refractivity contribution >= 4 is 17.3 Å². The fourth-order valence-corrected chi connectivity index (χ4v) is 2.05. The Hall–Kier alpha value is -2.96. The molecule has 22 heavy (non-hydrogen) atoms. The number of nitrogens with one attached hydrogen (secondary N) is 1. The van der Waals surface area contributed by atoms with Gasteiger partial charge in [-0.1, -0.05) is 36.4 Å². The maximum absolute atomic E-state index is 11.4. The standard InChI is InChI=1S/C15H17N5O2/c1-3-9-16-14-13(20(21)22)15(18-11-17-14)19(2)10-12-7-5-4-6-8-12/h3-8,11H,1,9-10H2,2H3,(H,16,17,18). The zero-order valence-electron chi connectivity index (χ0n) is 12.3. The van der Waals surface area contributed by atoms with Crippen LogP contribution < -0.4 is 10.2 Å². The minimum absolute atomic E-state index is 0.136. The lowest BCUT2D eigenvalue weighted by Gasteiger charge is -2.18. The first kappa shape index (κ1) is 15.4. The molecule has 0 saturated carbocycles. The van der Waals surface area contributed by atoms with Gasteiger partial charge in [0.25, 0.3) is 0 Å². The van der Waals surface area contributed by atoms with Crippen molar-refractivity contribution < 1.29 is 4.92 Å². The number of hydrogen-bond acceptors (Lipinski definition) is 6. The molecule has 2 aromatic rings. The van der Waals surface area contributed by atoms with Crippen LogP contribution in [0.15, 0.2) is 49.3 Å². The molecule has 0 amide bonds. The number of hydrogen-bond donors (Lipinski definition) is 1. The van der Waals surface area contributed by atoms with Crippen LogP contribution in [-0.4, -0.2) is 28.5 Å². The number of nitro groups is 1. The van der Waals surface area contributed by atoms with Gasteiger partial charge >= 0.3 is 5.69 Å². The van der Waals surface area contributed by atoms with Gasteiger partial charge in [0.2, 0.25) is 11.6 Å². The molecule has 0 saturated heterocycles. The van der Waals surface area contributed by atoms with Gasteiger partial charge < -0.3 is 10.2 Å². The van der Waals surface area contributed by atoms with Crippen LogP contribution in [0.1, 0.15) is 5.56 Å². The second kappa shape index (κ2) is 7.16. The molecule has 0 bridgehead atoms. The van der Waals surface area contributed by atoms with Crippen LogP contribution in [0.5, 0.6) is 0 Å². The van der Waals surface area contributed by atoms with E-state index in [1.807, 2.05) is 30.3 Å². The van der Waals surface area contributed by atoms with Crippen LogP contribution in [0.4, 0.5) is 17.3 Å². The van der Waals surface area contributed by atoms with Crippen LogP contribution >= 0.6 is 0 Å². The minimum Gasteiger partial charge on any atom is -0.361 e. The van der Waals surface area contributed by atoms with Crippen molar-refractivity contribution in [3.05, 3.63) is 65.0 Å². The average molecular weight is 299 g/mol. The predicted octanol–water partition coefficient (Wildman–Crippen LogP) is 2.62. The molecule has 0 fully saturated rings. The van der Waals surface area contributed by atoms with Gasteiger partial charge in [-0.05, 0) is 5.56 Å². The zero-order chi connectivity index (χ0) is 15.9. The fourth-order valence-electron chi connectivity index (χ4n) is 2.05. The normalized spacial score (nSPS) is 10.0. The van der Waals surface area contributed by atoms with E-state index in [1.165, 1.54) is 6.33 Å². The fraction of sp³-hybridized carbons (Fsp3) is 0.200. The SMILES string of the molecule is C=CCNc1ncnc(N(C)Cc2ccccc2)c1[N+](=O)[O-]. The van der Waals surface area contributed by atoms with Crippen LogP contribution in [-0.2, 0) is 6.54 Å². The summed E-state index contributed by atoms with van der Waals surface area (Å²) in [5, 5.41) is 14.3. The summed E-state index contributed by atoms with van der Waals surface area (Å²) in [5.41, 5.74) is 0.904. The second-order valence-corrected chi connectivity index (χ2v) is 4.66. The number of benzene rings is 1. The molecule has 0 unspecified atom stereocenters. The van der Waals surface area contributed by atoms with Gasteiger partial charge in [0, 0.05) is 20.1 Å². The van der Waals surface area contributed by atoms with Crippen molar-refractivity contribution in [2.45, 2.75) is 6.54 Å². The molecular weight excluding hydrogens is 282 g/mol. The van der Waals surface area contributed by atoms with Crippen LogP contribution in [0.25, 0.3) is 0 Å². The highest BCUT2D eigenvalue weighted by molar-refractivity contribution is 5.70. The summed E-state index contributed by atoms with van der Waals surface area (Å²) < 4.78 is 0. The number of rotatable bonds is 7. The Kier molecular flexibility index (Phi) is 5.02. The minimum atomic E-state index is -0.470. The van der Waals surface area contributed by atoms with Gasteiger partial charge in [-0.2, -0.15) is 0 Å². The summed E-state index contributed by atoms with van der Waals surface area (Å²) >= 11 is 0. The molecule has 0 aliphatic heterocycles. The summed E-state index contributed by atoms with van der Waals surface area (Å²) in [6.07, 6.45) is 2.93. The van der Waals surface area contributed by atoms with Crippen molar-refractivity contribution in [1.29, 1.82) is 0 Å². The second-order valence-electron chi connectivity index (χ2n) is 4.66. The Morgan fingerprint density at radius 1 is 1.36 bits per heavy atom. The van der Waals surface area contributed by atoms with E-state index in [1.54, 1.807) is 18.0 Å². The maximum atomic E-state index is 11.4. The van der Waals surface area contributed by atoms with E-state index in [0.717, 1.165) is 5.56 Å². The van der Waals surface area contributed by atoms with Crippen molar-refractivity contribution in [3.63, 3.8) is 0 Å². The van der Waals surface area contributed by atoms with Crippen molar-refractivity contribution in [2.24, 2.45) is 0 Å². The molecule has 1 aromatic carbocycles. The number of anilines is 2. The maximum Gasteiger partial charge on any atom is 0.353 e. The summed E-state index contributed by atoms with van der Waals surface area (Å²) in [7, 11) is 1.76. The first-order chi connectivity index (χ1) is 10.6. The predicted molar refractivity (Wildman–Crippen MR) is 85.9 cm³/mol.